The molecule has 444 valence electrons. The van der Waals surface area contributed by atoms with Gasteiger partial charge in [-0.25, -0.2) is 32.5 Å². The van der Waals surface area contributed by atoms with Crippen LogP contribution in [0.4, 0.5) is 35.0 Å². The van der Waals surface area contributed by atoms with E-state index in [-0.39, 0.29) is 43.1 Å². The zero-order valence-electron chi connectivity index (χ0n) is 44.8. The lowest BCUT2D eigenvalue weighted by molar-refractivity contribution is 0.00578. The lowest BCUT2D eigenvalue weighted by atomic mass is 9.80. The van der Waals surface area contributed by atoms with Crippen LogP contribution in [0.3, 0.4) is 0 Å². The van der Waals surface area contributed by atoms with Gasteiger partial charge in [0, 0.05) is 64.2 Å². The summed E-state index contributed by atoms with van der Waals surface area (Å²) in [6, 6.07) is 28.1. The molecule has 5 N–H and O–H groups in total. The molecule has 0 spiro atoms. The van der Waals surface area contributed by atoms with E-state index < -0.39 is 45.5 Å². The fourth-order valence-electron chi connectivity index (χ4n) is 7.48. The minimum atomic E-state index is -1.12. The Hall–Kier alpha value is -6.42. The van der Waals surface area contributed by atoms with Gasteiger partial charge in [0.15, 0.2) is 34.5 Å². The van der Waals surface area contributed by atoms with E-state index in [4.69, 9.17) is 84.0 Å². The summed E-state index contributed by atoms with van der Waals surface area (Å²) >= 11 is 28.1. The average molecular weight is 1490 g/mol. The molecule has 7 heterocycles. The zero-order valence-corrected chi connectivity index (χ0v) is 53.4. The van der Waals surface area contributed by atoms with Crippen molar-refractivity contribution in [2.24, 2.45) is 0 Å². The quantitative estimate of drug-likeness (QED) is 0.0612. The molecule has 4 aliphatic heterocycles. The molecule has 8 aromatic rings. The number of ether oxygens (including phenoxy) is 6. The van der Waals surface area contributed by atoms with E-state index in [2.05, 4.69) is 84.0 Å². The van der Waals surface area contributed by atoms with Gasteiger partial charge in [-0.3, -0.25) is 9.59 Å². The van der Waals surface area contributed by atoms with E-state index in [1.807, 2.05) is 70.2 Å². The molecule has 85 heavy (non-hydrogen) atoms. The summed E-state index contributed by atoms with van der Waals surface area (Å²) < 4.78 is 99.6. The summed E-state index contributed by atoms with van der Waals surface area (Å²) in [6.45, 7) is 8.86. The van der Waals surface area contributed by atoms with Crippen molar-refractivity contribution in [1.29, 1.82) is 0 Å². The molecule has 5 aromatic carbocycles. The second-order valence-corrected chi connectivity index (χ2v) is 23.1. The topological polar surface area (TPSA) is 211 Å². The van der Waals surface area contributed by atoms with Crippen molar-refractivity contribution in [3.8, 4) is 56.8 Å². The zero-order chi connectivity index (χ0) is 61.8. The third-order valence-electron chi connectivity index (χ3n) is 12.4. The molecule has 1 fully saturated rings. The first-order chi connectivity index (χ1) is 40.4. The summed E-state index contributed by atoms with van der Waals surface area (Å²) in [6.07, 6.45) is 4.96. The van der Waals surface area contributed by atoms with Crippen molar-refractivity contribution >= 4 is 140 Å². The summed E-state index contributed by atoms with van der Waals surface area (Å²) in [5, 5.41) is 1.46. The Kier molecular flexibility index (Phi) is 23.2. The molecule has 4 aliphatic rings. The summed E-state index contributed by atoms with van der Waals surface area (Å²) in [7, 11) is -0.363. The third-order valence-corrected chi connectivity index (χ3v) is 15.8. The largest absolute Gasteiger partial charge is 0.496 e. The molecule has 12 rings (SSSR count). The number of halogens is 11. The maximum absolute atomic E-state index is 13.7. The van der Waals surface area contributed by atoms with Crippen molar-refractivity contribution in [1.82, 2.24) is 15.0 Å². The van der Waals surface area contributed by atoms with Crippen molar-refractivity contribution in [2.45, 2.75) is 38.9 Å². The number of hydrogen-bond donors (Lipinski definition) is 3. The normalized spacial score (nSPS) is 13.8. The molecule has 0 unspecified atom stereocenters. The number of anilines is 3. The van der Waals surface area contributed by atoms with Crippen LogP contribution >= 0.6 is 98.5 Å². The van der Waals surface area contributed by atoms with Crippen LogP contribution in [0.15, 0.2) is 146 Å². The number of carbonyl (C=O) groups is 2. The first-order valence-corrected chi connectivity index (χ1v) is 29.2. The number of amides is 1. The van der Waals surface area contributed by atoms with Gasteiger partial charge in [0.1, 0.15) is 51.8 Å². The van der Waals surface area contributed by atoms with Crippen LogP contribution < -0.4 is 50.7 Å². The van der Waals surface area contributed by atoms with Crippen LogP contribution in [-0.4, -0.2) is 70.1 Å². The highest BCUT2D eigenvalue weighted by molar-refractivity contribution is 9.13. The van der Waals surface area contributed by atoms with Crippen molar-refractivity contribution < 1.29 is 64.9 Å². The number of nitrogen functional groups attached to an aromatic ring is 2. The number of alkyl halides is 2. The molecule has 0 radical (unpaired) electrons. The van der Waals surface area contributed by atoms with E-state index >= 15 is 0 Å². The van der Waals surface area contributed by atoms with E-state index in [9.17, 15) is 27.2 Å². The first-order valence-electron chi connectivity index (χ1n) is 24.6. The van der Waals surface area contributed by atoms with Crippen LogP contribution in [0.5, 0.6) is 34.5 Å². The lowest BCUT2D eigenvalue weighted by Crippen LogP contribution is -2.41. The molecule has 0 saturated carbocycles. The third kappa shape index (κ3) is 17.2. The SMILES string of the molecule is Brc1cc2c(cc1Br)OCO2.CC1(C)OB(c2ccc(N)nc2)OC1(C)C.ClCCl.Nc1ccc(-c2cc3c(cc2Br)OCO3)cn1.O=C(Cl)c1c(F)cccc1F.O=C(Nc1ccc(-c2cc3c(cc2Br)OCO3)cn1)c1c(F)cccc1F. The van der Waals surface area contributed by atoms with Crippen LogP contribution in [0.2, 0.25) is 0 Å². The van der Waals surface area contributed by atoms with Crippen molar-refractivity contribution in [2.75, 3.05) is 42.5 Å². The van der Waals surface area contributed by atoms with Crippen LogP contribution in [0.1, 0.15) is 48.4 Å². The number of fused-ring (bicyclic) bond motifs is 3. The van der Waals surface area contributed by atoms with Gasteiger partial charge < -0.3 is 54.5 Å². The molecule has 0 atom stereocenters. The van der Waals surface area contributed by atoms with Crippen LogP contribution in [0.25, 0.3) is 22.3 Å². The second-order valence-electron chi connectivity index (χ2n) is 18.5. The van der Waals surface area contributed by atoms with E-state index in [1.54, 1.807) is 42.7 Å². The van der Waals surface area contributed by atoms with E-state index in [0.29, 0.717) is 29.9 Å². The van der Waals surface area contributed by atoms with E-state index in [1.165, 1.54) is 12.3 Å². The van der Waals surface area contributed by atoms with Crippen LogP contribution in [0, 0.1) is 23.3 Å². The minimum Gasteiger partial charge on any atom is -0.454 e. The number of hydrogen-bond acceptors (Lipinski definition) is 15. The Morgan fingerprint density at radius 2 is 0.906 bits per heavy atom. The highest BCUT2D eigenvalue weighted by Crippen LogP contribution is 2.43. The Morgan fingerprint density at radius 1 is 0.541 bits per heavy atom. The van der Waals surface area contributed by atoms with Gasteiger partial charge in [-0.2, -0.15) is 0 Å². The van der Waals surface area contributed by atoms with Gasteiger partial charge in [-0.05, 0) is 162 Å². The molecule has 0 aliphatic carbocycles. The summed E-state index contributed by atoms with van der Waals surface area (Å²) in [5.41, 5.74) is 13.6. The second kappa shape index (κ2) is 29.8. The number of carbonyl (C=O) groups excluding carboxylic acids is 2. The fraction of sp³-hybridized carbons (Fsp3) is 0.175. The first kappa shape index (κ1) is 66.1. The van der Waals surface area contributed by atoms with Gasteiger partial charge in [-0.15, -0.1) is 23.2 Å². The summed E-state index contributed by atoms with van der Waals surface area (Å²) in [4.78, 5) is 34.8. The smallest absolute Gasteiger partial charge is 0.454 e. The Labute approximate surface area is 533 Å². The van der Waals surface area contributed by atoms with Gasteiger partial charge in [0.2, 0.25) is 20.4 Å². The van der Waals surface area contributed by atoms with Gasteiger partial charge in [0.25, 0.3) is 11.1 Å². The van der Waals surface area contributed by atoms with Gasteiger partial charge >= 0.3 is 7.12 Å². The number of rotatable bonds is 6. The van der Waals surface area contributed by atoms with Gasteiger partial charge in [-0.1, -0.05) is 50.1 Å². The number of benzene rings is 5. The predicted octanol–water partition coefficient (Wildman–Crippen LogP) is 15.3. The monoisotopic (exact) mass is 1480 g/mol. The molecule has 28 heteroatoms. The number of aromatic nitrogens is 3. The van der Waals surface area contributed by atoms with Crippen molar-refractivity contribution in [3.63, 3.8) is 0 Å². The molecule has 1 amide bonds. The molecule has 3 aromatic heterocycles. The highest BCUT2D eigenvalue weighted by Gasteiger charge is 2.51. The number of nitrogens with one attached hydrogen (secondary N) is 1. The molecule has 16 nitrogen and oxygen atoms in total. The fourth-order valence-corrected chi connectivity index (χ4v) is 9.40. The lowest BCUT2D eigenvalue weighted by Gasteiger charge is -2.32. The molecular formula is C57H46BBr4Cl3F4N6O10. The number of pyridine rings is 3. The molecular weight excluding hydrogens is 1440 g/mol. The van der Waals surface area contributed by atoms with E-state index in [0.717, 1.165) is 98.9 Å². The Balaban J connectivity index is 0.000000157. The standard InChI is InChI=1S/C19H11BrF2N2O3.C12H9BrN2O2.C11H17BN2O2.C7H4Br2O2.C7H3ClF2O.CH2Cl2/c20-12-7-16-15(26-9-27-16)6-11(12)10-4-5-17(23-8-10)24-19(25)18-13(21)2-1-3-14(18)22;13-9-4-11-10(16-6-17-11)3-8(9)7-1-2-12(14)15-5-7;1-10(2)11(3,4)16-12(15-10)8-5-6-9(13)14-7-8;8-4-1-6-7(2-5(4)9)11-3-10-6;8-7(11)6-4(9)2-1-3-5(6)10;2-1-3/h1-8H,9H2,(H,23,24,25);1-5H,6H2,(H2,14,15);5-7H,1-4H3,(H2,13,14);1-2H,3H2;1-3H;1H2. The predicted molar refractivity (Wildman–Crippen MR) is 331 cm³/mol. The maximum Gasteiger partial charge on any atom is 0.496 e. The number of nitrogens with zero attached hydrogens (tertiary/aromatic N) is 3. The Morgan fingerprint density at radius 3 is 1.26 bits per heavy atom. The molecule has 1 saturated heterocycles. The average Bonchev–Trinajstić information content (AvgIpc) is 2.46. The van der Waals surface area contributed by atoms with Gasteiger partial charge in [0.05, 0.1) is 16.5 Å². The molecule has 0 bridgehead atoms. The highest BCUT2D eigenvalue weighted by atomic mass is 79.9. The maximum atomic E-state index is 13.7. The Bertz CT molecular complexity index is 3600. The van der Waals surface area contributed by atoms with Crippen LogP contribution in [-0.2, 0) is 9.31 Å². The van der Waals surface area contributed by atoms with Crippen molar-refractivity contribution in [3.05, 3.63) is 180 Å². The minimum absolute atomic E-state index is 0.168. The number of nitrogens with two attached hydrogens (primary N) is 2. The summed E-state index contributed by atoms with van der Waals surface area (Å²) in [5.74, 6) is 0.875.